The topological polar surface area (TPSA) is 111 Å². The molecule has 2 heterocycles. The van der Waals surface area contributed by atoms with Crippen LogP contribution in [0.15, 0.2) is 18.3 Å². The van der Waals surface area contributed by atoms with E-state index < -0.39 is 0 Å². The zero-order valence-corrected chi connectivity index (χ0v) is 14.2. The van der Waals surface area contributed by atoms with Crippen LogP contribution in [-0.2, 0) is 4.74 Å². The molecule has 2 aromatic rings. The lowest BCUT2D eigenvalue weighted by molar-refractivity contribution is 0.0383. The first-order valence-corrected chi connectivity index (χ1v) is 8.28. The van der Waals surface area contributed by atoms with Crippen molar-refractivity contribution in [1.29, 1.82) is 0 Å². The number of carbonyl (C=O) groups is 1. The third kappa shape index (κ3) is 4.04. The van der Waals surface area contributed by atoms with E-state index in [9.17, 15) is 15.0 Å². The molecule has 1 amide bonds. The molecule has 1 fully saturated rings. The van der Waals surface area contributed by atoms with Crippen molar-refractivity contribution in [2.75, 3.05) is 39.4 Å². The molecule has 25 heavy (non-hydrogen) atoms. The van der Waals surface area contributed by atoms with Crippen LogP contribution >= 0.6 is 11.6 Å². The lowest BCUT2D eigenvalue weighted by Crippen LogP contribution is -2.41. The minimum Gasteiger partial charge on any atom is -0.507 e. The number of benzene rings is 1. The van der Waals surface area contributed by atoms with E-state index in [2.05, 4.69) is 20.4 Å². The minimum absolute atomic E-state index is 0.0643. The highest BCUT2D eigenvalue weighted by atomic mass is 35.5. The van der Waals surface area contributed by atoms with Crippen molar-refractivity contribution in [3.63, 3.8) is 0 Å². The maximum Gasteiger partial charge on any atom is 0.255 e. The van der Waals surface area contributed by atoms with Gasteiger partial charge < -0.3 is 20.3 Å². The molecule has 3 rings (SSSR count). The molecule has 0 spiro atoms. The van der Waals surface area contributed by atoms with Crippen LogP contribution in [0.25, 0.3) is 11.3 Å². The fraction of sp³-hybridized carbons (Fsp3) is 0.375. The summed E-state index contributed by atoms with van der Waals surface area (Å²) in [6.45, 7) is 4.35. The van der Waals surface area contributed by atoms with E-state index in [4.69, 9.17) is 16.3 Å². The molecular weight excluding hydrogens is 348 g/mol. The van der Waals surface area contributed by atoms with E-state index in [0.717, 1.165) is 25.7 Å². The molecule has 134 valence electrons. The van der Waals surface area contributed by atoms with Gasteiger partial charge in [0.15, 0.2) is 0 Å². The number of phenols is 2. The van der Waals surface area contributed by atoms with Gasteiger partial charge in [-0.25, -0.2) is 0 Å². The first-order chi connectivity index (χ1) is 12.1. The Hall–Kier alpha value is -2.29. The van der Waals surface area contributed by atoms with Gasteiger partial charge in [-0.15, -0.1) is 0 Å². The van der Waals surface area contributed by atoms with Crippen LogP contribution in [0.2, 0.25) is 5.02 Å². The van der Waals surface area contributed by atoms with E-state index >= 15 is 0 Å². The highest BCUT2D eigenvalue weighted by Gasteiger charge is 2.20. The van der Waals surface area contributed by atoms with E-state index in [-0.39, 0.29) is 33.7 Å². The van der Waals surface area contributed by atoms with Crippen LogP contribution in [0, 0.1) is 0 Å². The number of nitrogens with one attached hydrogen (secondary N) is 2. The summed E-state index contributed by atoms with van der Waals surface area (Å²) in [7, 11) is 0. The zero-order chi connectivity index (χ0) is 17.8. The number of hydrogen-bond acceptors (Lipinski definition) is 6. The second kappa shape index (κ2) is 7.73. The molecule has 1 aromatic heterocycles. The fourth-order valence-corrected chi connectivity index (χ4v) is 2.82. The molecule has 0 unspecified atom stereocenters. The first-order valence-electron chi connectivity index (χ1n) is 7.90. The average Bonchev–Trinajstić information content (AvgIpc) is 3.08. The predicted octanol–water partition coefficient (Wildman–Crippen LogP) is 1.20. The lowest BCUT2D eigenvalue weighted by atomic mass is 10.1. The molecule has 1 saturated heterocycles. The highest BCUT2D eigenvalue weighted by molar-refractivity contribution is 6.32. The smallest absolute Gasteiger partial charge is 0.255 e. The van der Waals surface area contributed by atoms with Crippen molar-refractivity contribution in [1.82, 2.24) is 20.4 Å². The number of aromatic nitrogens is 2. The second-order valence-electron chi connectivity index (χ2n) is 5.68. The summed E-state index contributed by atoms with van der Waals surface area (Å²) in [5.74, 6) is -0.757. The molecule has 0 aliphatic carbocycles. The van der Waals surface area contributed by atoms with Gasteiger partial charge in [0, 0.05) is 44.0 Å². The minimum atomic E-state index is -0.305. The standard InChI is InChI=1S/C16H19ClN4O4/c17-12-7-10(13(22)8-14(12)23)15-11(9-19-20-15)16(24)18-1-2-21-3-5-25-6-4-21/h7-9,22-23H,1-6H2,(H,18,24)(H,19,20). The van der Waals surface area contributed by atoms with Crippen molar-refractivity contribution in [3.8, 4) is 22.8 Å². The predicted molar refractivity (Wildman–Crippen MR) is 92.0 cm³/mol. The number of nitrogens with zero attached hydrogens (tertiary/aromatic N) is 2. The van der Waals surface area contributed by atoms with Crippen molar-refractivity contribution in [2.45, 2.75) is 0 Å². The summed E-state index contributed by atoms with van der Waals surface area (Å²) in [5.41, 5.74) is 0.824. The molecule has 9 heteroatoms. The molecule has 0 radical (unpaired) electrons. The number of carbonyl (C=O) groups excluding carboxylic acids is 1. The average molecular weight is 367 g/mol. The normalized spacial score (nSPS) is 15.2. The second-order valence-corrected chi connectivity index (χ2v) is 6.09. The third-order valence-corrected chi connectivity index (χ3v) is 4.33. The Bertz CT molecular complexity index is 759. The lowest BCUT2D eigenvalue weighted by Gasteiger charge is -2.26. The van der Waals surface area contributed by atoms with Gasteiger partial charge in [0.25, 0.3) is 5.91 Å². The van der Waals surface area contributed by atoms with E-state index in [1.54, 1.807) is 0 Å². The van der Waals surface area contributed by atoms with Gasteiger partial charge in [0.1, 0.15) is 17.2 Å². The van der Waals surface area contributed by atoms with Gasteiger partial charge in [0.05, 0.1) is 23.8 Å². The monoisotopic (exact) mass is 366 g/mol. The van der Waals surface area contributed by atoms with Gasteiger partial charge in [-0.3, -0.25) is 14.8 Å². The number of H-pyrrole nitrogens is 1. The van der Waals surface area contributed by atoms with Crippen LogP contribution in [0.4, 0.5) is 0 Å². The number of phenolic OH excluding ortho intramolecular Hbond substituents is 2. The summed E-state index contributed by atoms with van der Waals surface area (Å²) in [5, 5.41) is 29.1. The number of rotatable bonds is 5. The quantitative estimate of drug-likeness (QED) is 0.633. The number of amides is 1. The first kappa shape index (κ1) is 17.5. The summed E-state index contributed by atoms with van der Waals surface area (Å²) in [6.07, 6.45) is 1.46. The molecule has 1 aliphatic rings. The number of hydrogen-bond donors (Lipinski definition) is 4. The molecule has 1 aliphatic heterocycles. The summed E-state index contributed by atoms with van der Waals surface area (Å²) in [6, 6.07) is 2.49. The summed E-state index contributed by atoms with van der Waals surface area (Å²) in [4.78, 5) is 14.6. The zero-order valence-electron chi connectivity index (χ0n) is 13.5. The maximum atomic E-state index is 12.4. The van der Waals surface area contributed by atoms with Gasteiger partial charge in [0.2, 0.25) is 0 Å². The van der Waals surface area contributed by atoms with E-state index in [0.29, 0.717) is 25.3 Å². The van der Waals surface area contributed by atoms with Gasteiger partial charge in [-0.2, -0.15) is 5.10 Å². The molecule has 1 aromatic carbocycles. The number of ether oxygens (including phenoxy) is 1. The summed E-state index contributed by atoms with van der Waals surface area (Å²) >= 11 is 5.89. The van der Waals surface area contributed by atoms with Crippen LogP contribution in [-0.4, -0.2) is 70.6 Å². The molecule has 4 N–H and O–H groups in total. The number of morpholine rings is 1. The summed E-state index contributed by atoms with van der Waals surface area (Å²) < 4.78 is 5.29. The SMILES string of the molecule is O=C(NCCN1CCOCC1)c1c[nH]nc1-c1cc(Cl)c(O)cc1O. The Morgan fingerprint density at radius 3 is 2.84 bits per heavy atom. The number of aromatic amines is 1. The van der Waals surface area contributed by atoms with Crippen molar-refractivity contribution in [2.24, 2.45) is 0 Å². The van der Waals surface area contributed by atoms with Gasteiger partial charge >= 0.3 is 0 Å². The van der Waals surface area contributed by atoms with Crippen LogP contribution in [0.3, 0.4) is 0 Å². The highest BCUT2D eigenvalue weighted by Crippen LogP contribution is 2.37. The van der Waals surface area contributed by atoms with Crippen LogP contribution < -0.4 is 5.32 Å². The van der Waals surface area contributed by atoms with E-state index in [1.165, 1.54) is 12.3 Å². The molecule has 8 nitrogen and oxygen atoms in total. The van der Waals surface area contributed by atoms with Crippen LogP contribution in [0.5, 0.6) is 11.5 Å². The number of halogens is 1. The Morgan fingerprint density at radius 1 is 1.32 bits per heavy atom. The van der Waals surface area contributed by atoms with E-state index in [1.807, 2.05) is 0 Å². The molecule has 0 saturated carbocycles. The molecule has 0 bridgehead atoms. The number of aromatic hydroxyl groups is 2. The van der Waals surface area contributed by atoms with Crippen molar-refractivity contribution in [3.05, 3.63) is 28.9 Å². The Labute approximate surface area is 149 Å². The Morgan fingerprint density at radius 2 is 2.08 bits per heavy atom. The maximum absolute atomic E-state index is 12.4. The largest absolute Gasteiger partial charge is 0.507 e. The van der Waals surface area contributed by atoms with Crippen molar-refractivity contribution < 1.29 is 19.7 Å². The fourth-order valence-electron chi connectivity index (χ4n) is 2.66. The van der Waals surface area contributed by atoms with Crippen LogP contribution in [0.1, 0.15) is 10.4 Å². The van der Waals surface area contributed by atoms with Crippen molar-refractivity contribution >= 4 is 17.5 Å². The van der Waals surface area contributed by atoms with Gasteiger partial charge in [-0.1, -0.05) is 11.6 Å². The van der Waals surface area contributed by atoms with Gasteiger partial charge in [-0.05, 0) is 6.07 Å². The molecule has 0 atom stereocenters. The Kier molecular flexibility index (Phi) is 5.42. The third-order valence-electron chi connectivity index (χ3n) is 4.02. The molecular formula is C16H19ClN4O4. The Balaban J connectivity index is 1.68.